The van der Waals surface area contributed by atoms with E-state index < -0.39 is 0 Å². The van der Waals surface area contributed by atoms with Gasteiger partial charge in [-0.1, -0.05) is 93.3 Å². The summed E-state index contributed by atoms with van der Waals surface area (Å²) in [6.07, 6.45) is 13.1. The normalized spacial score (nSPS) is 16.4. The number of rotatable bonds is 7. The molecule has 0 radical (unpaired) electrons. The summed E-state index contributed by atoms with van der Waals surface area (Å²) in [5.74, 6) is 0.441. The average Bonchev–Trinajstić information content (AvgIpc) is 2.65. The Kier molecular flexibility index (Phi) is 6.63. The molecule has 0 bridgehead atoms. The van der Waals surface area contributed by atoms with Gasteiger partial charge in [-0.05, 0) is 55.7 Å². The van der Waals surface area contributed by atoms with Gasteiger partial charge in [0.1, 0.15) is 5.75 Å². The molecule has 0 saturated heterocycles. The summed E-state index contributed by atoms with van der Waals surface area (Å²) in [4.78, 5) is 0. The monoisotopic (exact) mass is 364 g/mol. The fourth-order valence-corrected chi connectivity index (χ4v) is 5.04. The van der Waals surface area contributed by atoms with Crippen molar-refractivity contribution in [2.24, 2.45) is 0 Å². The Morgan fingerprint density at radius 1 is 0.852 bits per heavy atom. The number of aromatic hydroxyl groups is 1. The fourth-order valence-electron chi connectivity index (χ4n) is 5.04. The first-order valence-corrected chi connectivity index (χ1v) is 11.0. The number of hydrogen-bond donors (Lipinski definition) is 1. The number of unbranched alkanes of at least 4 members (excludes halogenated alkanes) is 3. The van der Waals surface area contributed by atoms with Gasteiger partial charge in [0.15, 0.2) is 0 Å². The van der Waals surface area contributed by atoms with Gasteiger partial charge in [0, 0.05) is 5.56 Å². The zero-order chi connectivity index (χ0) is 19.3. The minimum absolute atomic E-state index is 0.282. The molecule has 0 atom stereocenters. The highest BCUT2D eigenvalue weighted by atomic mass is 16.3. The third-order valence-electron chi connectivity index (χ3n) is 6.46. The molecule has 1 aliphatic rings. The van der Waals surface area contributed by atoms with Crippen LogP contribution >= 0.6 is 0 Å². The van der Waals surface area contributed by atoms with Crippen molar-refractivity contribution < 1.29 is 5.11 Å². The third kappa shape index (κ3) is 4.75. The van der Waals surface area contributed by atoms with Crippen LogP contribution in [0.1, 0.15) is 87.8 Å². The maximum atomic E-state index is 10.9. The SMILES string of the molecule is CCCCCCC1(c2ccc(-c3cc(C)cc(C)c3)c(O)c2)CCCCC1. The van der Waals surface area contributed by atoms with E-state index in [9.17, 15) is 5.11 Å². The van der Waals surface area contributed by atoms with Gasteiger partial charge in [0.25, 0.3) is 0 Å². The van der Waals surface area contributed by atoms with Crippen molar-refractivity contribution in [3.8, 4) is 16.9 Å². The lowest BCUT2D eigenvalue weighted by Gasteiger charge is -2.38. The van der Waals surface area contributed by atoms with Crippen molar-refractivity contribution in [1.29, 1.82) is 0 Å². The lowest BCUT2D eigenvalue weighted by Crippen LogP contribution is -2.29. The maximum Gasteiger partial charge on any atom is 0.123 e. The first-order chi connectivity index (χ1) is 13.0. The molecule has 0 aliphatic heterocycles. The Morgan fingerprint density at radius 2 is 1.56 bits per heavy atom. The van der Waals surface area contributed by atoms with Crippen molar-refractivity contribution in [1.82, 2.24) is 0 Å². The molecule has 0 unspecified atom stereocenters. The Hall–Kier alpha value is -1.76. The molecule has 27 heavy (non-hydrogen) atoms. The van der Waals surface area contributed by atoms with E-state index in [0.717, 1.165) is 11.1 Å². The van der Waals surface area contributed by atoms with Gasteiger partial charge in [-0.15, -0.1) is 0 Å². The number of phenols is 1. The highest BCUT2D eigenvalue weighted by Crippen LogP contribution is 2.45. The lowest BCUT2D eigenvalue weighted by atomic mass is 9.66. The number of hydrogen-bond acceptors (Lipinski definition) is 1. The van der Waals surface area contributed by atoms with Crippen molar-refractivity contribution in [3.63, 3.8) is 0 Å². The van der Waals surface area contributed by atoms with Crippen molar-refractivity contribution in [3.05, 3.63) is 53.1 Å². The van der Waals surface area contributed by atoms with E-state index in [1.54, 1.807) is 0 Å². The first-order valence-electron chi connectivity index (χ1n) is 11.0. The molecule has 1 heteroatoms. The third-order valence-corrected chi connectivity index (χ3v) is 6.46. The maximum absolute atomic E-state index is 10.9. The van der Waals surface area contributed by atoms with E-state index in [4.69, 9.17) is 0 Å². The van der Waals surface area contributed by atoms with E-state index in [2.05, 4.69) is 57.2 Å². The van der Waals surface area contributed by atoms with E-state index in [0.29, 0.717) is 5.75 Å². The predicted octanol–water partition coefficient (Wildman–Crippen LogP) is 7.85. The van der Waals surface area contributed by atoms with Crippen LogP contribution < -0.4 is 0 Å². The second-order valence-electron chi connectivity index (χ2n) is 8.76. The van der Waals surface area contributed by atoms with Gasteiger partial charge in [0.05, 0.1) is 0 Å². The van der Waals surface area contributed by atoms with E-state index >= 15 is 0 Å². The quantitative estimate of drug-likeness (QED) is 0.496. The smallest absolute Gasteiger partial charge is 0.123 e. The Balaban J connectivity index is 1.88. The first kappa shape index (κ1) is 20.0. The molecule has 3 rings (SSSR count). The van der Waals surface area contributed by atoms with Crippen LogP contribution in [0, 0.1) is 13.8 Å². The molecular weight excluding hydrogens is 328 g/mol. The summed E-state index contributed by atoms with van der Waals surface area (Å²) in [7, 11) is 0. The summed E-state index contributed by atoms with van der Waals surface area (Å²) in [6, 6.07) is 13.1. The fraction of sp³-hybridized carbons (Fsp3) is 0.538. The molecule has 2 aromatic carbocycles. The predicted molar refractivity (Wildman–Crippen MR) is 117 cm³/mol. The van der Waals surface area contributed by atoms with Crippen LogP contribution in [0.2, 0.25) is 0 Å². The minimum atomic E-state index is 0.282. The van der Waals surface area contributed by atoms with E-state index in [1.165, 1.54) is 80.9 Å². The molecule has 146 valence electrons. The van der Waals surface area contributed by atoms with Gasteiger partial charge in [-0.3, -0.25) is 0 Å². The molecule has 1 fully saturated rings. The van der Waals surface area contributed by atoms with Gasteiger partial charge in [0.2, 0.25) is 0 Å². The molecule has 1 saturated carbocycles. The molecule has 1 nitrogen and oxygen atoms in total. The van der Waals surface area contributed by atoms with E-state index in [-0.39, 0.29) is 5.41 Å². The molecule has 0 aromatic heterocycles. The Morgan fingerprint density at radius 3 is 2.19 bits per heavy atom. The van der Waals surface area contributed by atoms with Crippen molar-refractivity contribution in [2.45, 2.75) is 90.4 Å². The minimum Gasteiger partial charge on any atom is -0.507 e. The molecule has 1 N–H and O–H groups in total. The zero-order valence-electron chi connectivity index (χ0n) is 17.5. The zero-order valence-corrected chi connectivity index (χ0v) is 17.5. The second kappa shape index (κ2) is 8.95. The second-order valence-corrected chi connectivity index (χ2v) is 8.76. The van der Waals surface area contributed by atoms with Crippen LogP contribution in [0.5, 0.6) is 5.75 Å². The van der Waals surface area contributed by atoms with Crippen molar-refractivity contribution in [2.75, 3.05) is 0 Å². The van der Waals surface area contributed by atoms with Gasteiger partial charge in [-0.25, -0.2) is 0 Å². The summed E-state index contributed by atoms with van der Waals surface area (Å²) in [6.45, 7) is 6.52. The summed E-state index contributed by atoms with van der Waals surface area (Å²) < 4.78 is 0. The van der Waals surface area contributed by atoms with Crippen LogP contribution in [0.15, 0.2) is 36.4 Å². The number of benzene rings is 2. The molecule has 2 aromatic rings. The van der Waals surface area contributed by atoms with Gasteiger partial charge < -0.3 is 5.11 Å². The molecule has 1 aliphatic carbocycles. The van der Waals surface area contributed by atoms with Crippen molar-refractivity contribution >= 4 is 0 Å². The molecule has 0 amide bonds. The van der Waals surface area contributed by atoms with Crippen LogP contribution in [0.4, 0.5) is 0 Å². The van der Waals surface area contributed by atoms with Gasteiger partial charge in [-0.2, -0.15) is 0 Å². The van der Waals surface area contributed by atoms with Crippen LogP contribution in [0.25, 0.3) is 11.1 Å². The van der Waals surface area contributed by atoms with Crippen LogP contribution in [-0.4, -0.2) is 5.11 Å². The lowest BCUT2D eigenvalue weighted by molar-refractivity contribution is 0.264. The molecule has 0 spiro atoms. The Labute approximate surface area is 165 Å². The summed E-state index contributed by atoms with van der Waals surface area (Å²) in [5, 5.41) is 10.9. The van der Waals surface area contributed by atoms with E-state index in [1.807, 2.05) is 0 Å². The molecular formula is C26H36O. The largest absolute Gasteiger partial charge is 0.507 e. The Bertz CT molecular complexity index is 733. The highest BCUT2D eigenvalue weighted by molar-refractivity contribution is 5.72. The molecule has 0 heterocycles. The standard InChI is InChI=1S/C26H36O/c1-4-5-6-8-13-26(14-9-7-10-15-26)23-11-12-24(25(27)19-23)22-17-20(2)16-21(3)18-22/h11-12,16-19,27H,4-10,13-15H2,1-3H3. The average molecular weight is 365 g/mol. The summed E-state index contributed by atoms with van der Waals surface area (Å²) >= 11 is 0. The topological polar surface area (TPSA) is 20.2 Å². The van der Waals surface area contributed by atoms with Crippen LogP contribution in [0.3, 0.4) is 0 Å². The number of phenolic OH excluding ortho intramolecular Hbond substituents is 1. The highest BCUT2D eigenvalue weighted by Gasteiger charge is 2.33. The number of aryl methyl sites for hydroxylation is 2. The van der Waals surface area contributed by atoms with Gasteiger partial charge >= 0.3 is 0 Å². The van der Waals surface area contributed by atoms with Crippen LogP contribution in [-0.2, 0) is 5.41 Å². The summed E-state index contributed by atoms with van der Waals surface area (Å²) in [5.41, 5.74) is 6.22.